The first-order chi connectivity index (χ1) is 12.1. The van der Waals surface area contributed by atoms with Crippen molar-refractivity contribution in [1.29, 1.82) is 0 Å². The first-order valence-corrected chi connectivity index (χ1v) is 8.61. The summed E-state index contributed by atoms with van der Waals surface area (Å²) in [5.41, 5.74) is 2.46. The fourth-order valence-electron chi connectivity index (χ4n) is 2.71. The highest BCUT2D eigenvalue weighted by Crippen LogP contribution is 2.12. The summed E-state index contributed by atoms with van der Waals surface area (Å²) in [7, 11) is 0. The number of rotatable bonds is 7. The number of benzene rings is 2. The second-order valence-corrected chi connectivity index (χ2v) is 6.25. The van der Waals surface area contributed by atoms with E-state index < -0.39 is 0 Å². The van der Waals surface area contributed by atoms with Gasteiger partial charge in [0.2, 0.25) is 5.91 Å². The second-order valence-electron chi connectivity index (χ2n) is 5.82. The maximum atomic E-state index is 11.9. The molecule has 1 aromatic heterocycles. The SMILES string of the molecule is O=C(CCCn1c(=O)oc2ccccc21)NCCc1ccc(Cl)cc1. The van der Waals surface area contributed by atoms with E-state index in [2.05, 4.69) is 5.32 Å². The van der Waals surface area contributed by atoms with Gasteiger partial charge in [-0.15, -0.1) is 0 Å². The Morgan fingerprint density at radius 3 is 2.68 bits per heavy atom. The van der Waals surface area contributed by atoms with Crippen LogP contribution in [0.2, 0.25) is 5.02 Å². The number of aryl methyl sites for hydroxylation is 1. The number of carbonyl (C=O) groups excluding carboxylic acids is 1. The van der Waals surface area contributed by atoms with Crippen molar-refractivity contribution in [1.82, 2.24) is 9.88 Å². The van der Waals surface area contributed by atoms with Gasteiger partial charge in [0, 0.05) is 24.5 Å². The van der Waals surface area contributed by atoms with Gasteiger partial charge in [-0.25, -0.2) is 4.79 Å². The Labute approximate surface area is 150 Å². The zero-order valence-corrected chi connectivity index (χ0v) is 14.5. The number of hydrogen-bond acceptors (Lipinski definition) is 3. The Hall–Kier alpha value is -2.53. The van der Waals surface area contributed by atoms with Crippen molar-refractivity contribution in [3.8, 4) is 0 Å². The Bertz CT molecular complexity index is 912. The summed E-state index contributed by atoms with van der Waals surface area (Å²) in [5, 5.41) is 3.60. The molecule has 0 aliphatic rings. The van der Waals surface area contributed by atoms with Crippen molar-refractivity contribution >= 4 is 28.6 Å². The molecule has 1 N–H and O–H groups in total. The van der Waals surface area contributed by atoms with Crippen LogP contribution in [0, 0.1) is 0 Å². The fourth-order valence-corrected chi connectivity index (χ4v) is 2.84. The number of amides is 1. The minimum Gasteiger partial charge on any atom is -0.408 e. The van der Waals surface area contributed by atoms with Crippen LogP contribution in [0.25, 0.3) is 11.1 Å². The number of oxazole rings is 1. The smallest absolute Gasteiger partial charge is 0.408 e. The predicted molar refractivity (Wildman–Crippen MR) is 97.9 cm³/mol. The van der Waals surface area contributed by atoms with Crippen LogP contribution in [-0.4, -0.2) is 17.0 Å². The van der Waals surface area contributed by atoms with Crippen LogP contribution >= 0.6 is 11.6 Å². The number of nitrogens with one attached hydrogen (secondary N) is 1. The van der Waals surface area contributed by atoms with E-state index in [1.807, 2.05) is 42.5 Å². The Morgan fingerprint density at radius 2 is 1.88 bits per heavy atom. The lowest BCUT2D eigenvalue weighted by Crippen LogP contribution is -2.26. The maximum Gasteiger partial charge on any atom is 0.419 e. The lowest BCUT2D eigenvalue weighted by Gasteiger charge is -2.06. The van der Waals surface area contributed by atoms with E-state index in [0.29, 0.717) is 36.5 Å². The van der Waals surface area contributed by atoms with Gasteiger partial charge in [-0.2, -0.15) is 0 Å². The molecular weight excluding hydrogens is 340 g/mol. The summed E-state index contributed by atoms with van der Waals surface area (Å²) >= 11 is 5.84. The van der Waals surface area contributed by atoms with Crippen molar-refractivity contribution < 1.29 is 9.21 Å². The number of carbonyl (C=O) groups is 1. The summed E-state index contributed by atoms with van der Waals surface area (Å²) in [6.07, 6.45) is 1.71. The first-order valence-electron chi connectivity index (χ1n) is 8.23. The molecule has 1 heterocycles. The van der Waals surface area contributed by atoms with Crippen LogP contribution in [0.4, 0.5) is 0 Å². The molecule has 0 fully saturated rings. The van der Waals surface area contributed by atoms with Crippen LogP contribution in [0.3, 0.4) is 0 Å². The largest absolute Gasteiger partial charge is 0.419 e. The number of hydrogen-bond donors (Lipinski definition) is 1. The number of nitrogens with zero attached hydrogens (tertiary/aromatic N) is 1. The van der Waals surface area contributed by atoms with Gasteiger partial charge in [0.25, 0.3) is 0 Å². The normalized spacial score (nSPS) is 10.9. The molecular formula is C19H19ClN2O3. The number of para-hydroxylation sites is 2. The van der Waals surface area contributed by atoms with Gasteiger partial charge in [-0.1, -0.05) is 35.9 Å². The Balaban J connectivity index is 1.44. The Morgan fingerprint density at radius 1 is 1.12 bits per heavy atom. The first kappa shape index (κ1) is 17.3. The van der Waals surface area contributed by atoms with Crippen LogP contribution in [-0.2, 0) is 17.8 Å². The third-order valence-electron chi connectivity index (χ3n) is 4.01. The lowest BCUT2D eigenvalue weighted by molar-refractivity contribution is -0.121. The van der Waals surface area contributed by atoms with E-state index in [1.165, 1.54) is 0 Å². The summed E-state index contributed by atoms with van der Waals surface area (Å²) in [5.74, 6) is -0.404. The lowest BCUT2D eigenvalue weighted by atomic mass is 10.1. The summed E-state index contributed by atoms with van der Waals surface area (Å²) < 4.78 is 6.74. The molecule has 0 radical (unpaired) electrons. The van der Waals surface area contributed by atoms with Gasteiger partial charge in [-0.3, -0.25) is 9.36 Å². The van der Waals surface area contributed by atoms with E-state index in [-0.39, 0.29) is 11.7 Å². The maximum absolute atomic E-state index is 11.9. The van der Waals surface area contributed by atoms with Crippen molar-refractivity contribution in [2.45, 2.75) is 25.8 Å². The molecule has 6 heteroatoms. The molecule has 5 nitrogen and oxygen atoms in total. The molecule has 0 saturated carbocycles. The van der Waals surface area contributed by atoms with Crippen molar-refractivity contribution in [3.63, 3.8) is 0 Å². The molecule has 0 unspecified atom stereocenters. The molecule has 3 rings (SSSR count). The topological polar surface area (TPSA) is 64.2 Å². The predicted octanol–water partition coefficient (Wildman–Crippen LogP) is 3.39. The van der Waals surface area contributed by atoms with E-state index in [0.717, 1.165) is 17.5 Å². The van der Waals surface area contributed by atoms with Gasteiger partial charge in [0.05, 0.1) is 5.52 Å². The van der Waals surface area contributed by atoms with Gasteiger partial charge < -0.3 is 9.73 Å². The molecule has 0 aliphatic carbocycles. The molecule has 130 valence electrons. The van der Waals surface area contributed by atoms with Gasteiger partial charge in [0.1, 0.15) is 0 Å². The van der Waals surface area contributed by atoms with Crippen LogP contribution < -0.4 is 11.1 Å². The number of aromatic nitrogens is 1. The molecule has 0 bridgehead atoms. The van der Waals surface area contributed by atoms with Crippen LogP contribution in [0.15, 0.2) is 57.7 Å². The highest BCUT2D eigenvalue weighted by atomic mass is 35.5. The van der Waals surface area contributed by atoms with Crippen molar-refractivity contribution in [2.24, 2.45) is 0 Å². The Kier molecular flexibility index (Phi) is 5.56. The quantitative estimate of drug-likeness (QED) is 0.704. The standard InChI is InChI=1S/C19H19ClN2O3/c20-15-9-7-14(8-10-15)11-12-21-18(23)6-3-13-22-16-4-1-2-5-17(16)25-19(22)24/h1-2,4-5,7-10H,3,6,11-13H2,(H,21,23). The molecule has 1 amide bonds. The zero-order valence-electron chi connectivity index (χ0n) is 13.7. The molecule has 25 heavy (non-hydrogen) atoms. The monoisotopic (exact) mass is 358 g/mol. The van der Waals surface area contributed by atoms with E-state index in [4.69, 9.17) is 16.0 Å². The van der Waals surface area contributed by atoms with E-state index in [9.17, 15) is 9.59 Å². The third kappa shape index (κ3) is 4.51. The highest BCUT2D eigenvalue weighted by molar-refractivity contribution is 6.30. The van der Waals surface area contributed by atoms with Crippen LogP contribution in [0.1, 0.15) is 18.4 Å². The van der Waals surface area contributed by atoms with Crippen molar-refractivity contribution in [3.05, 3.63) is 69.7 Å². The van der Waals surface area contributed by atoms with E-state index in [1.54, 1.807) is 10.6 Å². The average Bonchev–Trinajstić information content (AvgIpc) is 2.92. The number of fused-ring (bicyclic) bond motifs is 1. The van der Waals surface area contributed by atoms with Gasteiger partial charge >= 0.3 is 5.76 Å². The second kappa shape index (κ2) is 8.03. The third-order valence-corrected chi connectivity index (χ3v) is 4.26. The van der Waals surface area contributed by atoms with Crippen LogP contribution in [0.5, 0.6) is 0 Å². The summed E-state index contributed by atoms with van der Waals surface area (Å²) in [6.45, 7) is 1.04. The molecule has 2 aromatic carbocycles. The zero-order chi connectivity index (χ0) is 17.6. The minimum atomic E-state index is -0.385. The fraction of sp³-hybridized carbons (Fsp3) is 0.263. The summed E-state index contributed by atoms with van der Waals surface area (Å²) in [6, 6.07) is 14.9. The minimum absolute atomic E-state index is 0.0187. The average molecular weight is 359 g/mol. The molecule has 3 aromatic rings. The molecule has 0 atom stereocenters. The molecule has 0 saturated heterocycles. The van der Waals surface area contributed by atoms with E-state index >= 15 is 0 Å². The molecule has 0 spiro atoms. The summed E-state index contributed by atoms with van der Waals surface area (Å²) in [4.78, 5) is 23.8. The molecule has 0 aliphatic heterocycles. The highest BCUT2D eigenvalue weighted by Gasteiger charge is 2.09. The van der Waals surface area contributed by atoms with Gasteiger partial charge in [0.15, 0.2) is 5.58 Å². The number of halogens is 1. The van der Waals surface area contributed by atoms with Gasteiger partial charge in [-0.05, 0) is 42.7 Å². The van der Waals surface area contributed by atoms with Crippen molar-refractivity contribution in [2.75, 3.05) is 6.54 Å².